The van der Waals surface area contributed by atoms with Gasteiger partial charge in [-0.3, -0.25) is 0 Å². The predicted octanol–water partition coefficient (Wildman–Crippen LogP) is 2.86. The number of nitrogens with two attached hydrogens (primary N) is 1. The smallest absolute Gasteiger partial charge is 0.124 e. The highest BCUT2D eigenvalue weighted by atomic mass is 127. The van der Waals surface area contributed by atoms with Crippen molar-refractivity contribution in [2.24, 2.45) is 11.7 Å². The van der Waals surface area contributed by atoms with E-state index in [1.54, 1.807) is 6.07 Å². The Morgan fingerprint density at radius 2 is 2.31 bits per heavy atom. The molecule has 1 saturated heterocycles. The Morgan fingerprint density at radius 3 is 2.94 bits per heavy atom. The van der Waals surface area contributed by atoms with Crippen LogP contribution >= 0.6 is 22.6 Å². The summed E-state index contributed by atoms with van der Waals surface area (Å²) in [6, 6.07) is 4.74. The third-order valence-corrected chi connectivity index (χ3v) is 3.96. The van der Waals surface area contributed by atoms with E-state index in [0.717, 1.165) is 28.6 Å². The number of hydrogen-bond donors (Lipinski definition) is 1. The Bertz CT molecular complexity index is 366. The molecular weight excluding hydrogens is 320 g/mol. The molecule has 0 saturated carbocycles. The normalized spacial score (nSPS) is 23.1. The Morgan fingerprint density at radius 1 is 1.50 bits per heavy atom. The summed E-state index contributed by atoms with van der Waals surface area (Å²) in [6.45, 7) is 1.55. The van der Waals surface area contributed by atoms with E-state index in [1.165, 1.54) is 12.1 Å². The van der Waals surface area contributed by atoms with Crippen LogP contribution in [0.5, 0.6) is 0 Å². The first-order valence-corrected chi connectivity index (χ1v) is 6.54. The fraction of sp³-hybridized carbons (Fsp3) is 0.500. The first kappa shape index (κ1) is 12.3. The van der Waals surface area contributed by atoms with Crippen LogP contribution in [0, 0.1) is 15.3 Å². The van der Waals surface area contributed by atoms with Gasteiger partial charge in [-0.15, -0.1) is 0 Å². The highest BCUT2D eigenvalue weighted by Gasteiger charge is 2.23. The summed E-state index contributed by atoms with van der Waals surface area (Å²) in [5.41, 5.74) is 7.24. The maximum atomic E-state index is 13.0. The molecule has 0 aromatic heterocycles. The molecule has 0 bridgehead atoms. The Labute approximate surface area is 108 Å². The zero-order valence-corrected chi connectivity index (χ0v) is 11.1. The van der Waals surface area contributed by atoms with Crippen molar-refractivity contribution in [1.29, 1.82) is 0 Å². The Hall–Kier alpha value is -0.200. The van der Waals surface area contributed by atoms with Gasteiger partial charge in [-0.1, -0.05) is 6.07 Å². The summed E-state index contributed by atoms with van der Waals surface area (Å²) in [5.74, 6) is 0.146. The molecule has 1 heterocycles. The van der Waals surface area contributed by atoms with Crippen LogP contribution in [-0.4, -0.2) is 13.2 Å². The lowest BCUT2D eigenvalue weighted by Crippen LogP contribution is -2.29. The zero-order valence-electron chi connectivity index (χ0n) is 8.96. The van der Waals surface area contributed by atoms with Crippen LogP contribution < -0.4 is 5.73 Å². The second-order valence-electron chi connectivity index (χ2n) is 4.17. The van der Waals surface area contributed by atoms with E-state index in [0.29, 0.717) is 12.5 Å². The molecule has 1 aliphatic heterocycles. The van der Waals surface area contributed by atoms with Crippen molar-refractivity contribution in [1.82, 2.24) is 0 Å². The van der Waals surface area contributed by atoms with Gasteiger partial charge < -0.3 is 10.5 Å². The first-order valence-electron chi connectivity index (χ1n) is 5.47. The monoisotopic (exact) mass is 335 g/mol. The van der Waals surface area contributed by atoms with E-state index in [9.17, 15) is 4.39 Å². The highest BCUT2D eigenvalue weighted by molar-refractivity contribution is 14.1. The fourth-order valence-electron chi connectivity index (χ4n) is 2.07. The maximum Gasteiger partial charge on any atom is 0.124 e. The van der Waals surface area contributed by atoms with Crippen LogP contribution in [0.3, 0.4) is 0 Å². The van der Waals surface area contributed by atoms with E-state index < -0.39 is 0 Å². The van der Waals surface area contributed by atoms with Gasteiger partial charge in [0.15, 0.2) is 0 Å². The van der Waals surface area contributed by atoms with Gasteiger partial charge >= 0.3 is 0 Å². The lowest BCUT2D eigenvalue weighted by Gasteiger charge is -2.28. The minimum Gasteiger partial charge on any atom is -0.381 e. The van der Waals surface area contributed by atoms with Gasteiger partial charge in [-0.05, 0) is 53.1 Å². The van der Waals surface area contributed by atoms with Crippen LogP contribution in [0.1, 0.15) is 24.4 Å². The molecule has 0 radical (unpaired) electrons. The van der Waals surface area contributed by atoms with Crippen molar-refractivity contribution in [3.05, 3.63) is 33.1 Å². The number of halogens is 2. The summed E-state index contributed by atoms with van der Waals surface area (Å²) in [7, 11) is 0. The summed E-state index contributed by atoms with van der Waals surface area (Å²) in [6.07, 6.45) is 2.16. The van der Waals surface area contributed by atoms with Crippen molar-refractivity contribution < 1.29 is 9.13 Å². The van der Waals surface area contributed by atoms with Gasteiger partial charge in [0.2, 0.25) is 0 Å². The van der Waals surface area contributed by atoms with Crippen molar-refractivity contribution in [3.8, 4) is 0 Å². The molecular formula is C12H15FINO. The largest absolute Gasteiger partial charge is 0.381 e. The van der Waals surface area contributed by atoms with Gasteiger partial charge in [-0.25, -0.2) is 4.39 Å². The van der Waals surface area contributed by atoms with E-state index >= 15 is 0 Å². The SMILES string of the molecule is NC(c1ccc(F)cc1I)C1CCCOC1. The second-order valence-corrected chi connectivity index (χ2v) is 5.33. The van der Waals surface area contributed by atoms with Gasteiger partial charge in [-0.2, -0.15) is 0 Å². The van der Waals surface area contributed by atoms with Crippen LogP contribution in [0.4, 0.5) is 4.39 Å². The quantitative estimate of drug-likeness (QED) is 0.844. The van der Waals surface area contributed by atoms with E-state index in [-0.39, 0.29) is 11.9 Å². The third-order valence-electron chi connectivity index (χ3n) is 3.02. The van der Waals surface area contributed by atoms with Crippen LogP contribution in [-0.2, 0) is 4.74 Å². The Balaban J connectivity index is 2.15. The average molecular weight is 335 g/mol. The van der Waals surface area contributed by atoms with Gasteiger partial charge in [0, 0.05) is 22.1 Å². The number of hydrogen-bond acceptors (Lipinski definition) is 2. The molecule has 1 aliphatic rings. The van der Waals surface area contributed by atoms with Crippen molar-refractivity contribution in [3.63, 3.8) is 0 Å². The highest BCUT2D eigenvalue weighted by Crippen LogP contribution is 2.29. The van der Waals surface area contributed by atoms with Gasteiger partial charge in [0.05, 0.1) is 6.61 Å². The second kappa shape index (κ2) is 5.42. The molecule has 1 aromatic carbocycles. The molecule has 0 spiro atoms. The molecule has 4 heteroatoms. The molecule has 1 fully saturated rings. The van der Waals surface area contributed by atoms with Crippen molar-refractivity contribution >= 4 is 22.6 Å². The summed E-state index contributed by atoms with van der Waals surface area (Å²) < 4.78 is 19.3. The molecule has 0 aliphatic carbocycles. The van der Waals surface area contributed by atoms with Crippen LogP contribution in [0.2, 0.25) is 0 Å². The molecule has 2 unspecified atom stereocenters. The van der Waals surface area contributed by atoms with E-state index in [1.807, 2.05) is 0 Å². The first-order chi connectivity index (χ1) is 7.68. The molecule has 0 amide bonds. The van der Waals surface area contributed by atoms with Crippen LogP contribution in [0.25, 0.3) is 0 Å². The predicted molar refractivity (Wildman–Crippen MR) is 69.6 cm³/mol. The van der Waals surface area contributed by atoms with Crippen molar-refractivity contribution in [2.75, 3.05) is 13.2 Å². The van der Waals surface area contributed by atoms with E-state index in [2.05, 4.69) is 22.6 Å². The molecule has 2 N–H and O–H groups in total. The molecule has 88 valence electrons. The average Bonchev–Trinajstić information content (AvgIpc) is 2.29. The number of benzene rings is 1. The third kappa shape index (κ3) is 2.73. The lowest BCUT2D eigenvalue weighted by molar-refractivity contribution is 0.0446. The summed E-state index contributed by atoms with van der Waals surface area (Å²) >= 11 is 2.14. The summed E-state index contributed by atoms with van der Waals surface area (Å²) in [5, 5.41) is 0. The van der Waals surface area contributed by atoms with Crippen molar-refractivity contribution in [2.45, 2.75) is 18.9 Å². The minimum atomic E-state index is -0.208. The standard InChI is InChI=1S/C12H15FINO/c13-9-3-4-10(11(14)6-9)12(15)8-2-1-5-16-7-8/h3-4,6,8,12H,1-2,5,7,15H2. The topological polar surface area (TPSA) is 35.2 Å². The molecule has 1 aromatic rings. The number of rotatable bonds is 2. The molecule has 2 nitrogen and oxygen atoms in total. The van der Waals surface area contributed by atoms with Crippen LogP contribution in [0.15, 0.2) is 18.2 Å². The fourth-order valence-corrected chi connectivity index (χ4v) is 2.91. The zero-order chi connectivity index (χ0) is 11.5. The van der Waals surface area contributed by atoms with E-state index in [4.69, 9.17) is 10.5 Å². The number of ether oxygens (including phenoxy) is 1. The minimum absolute atomic E-state index is 0.0483. The molecule has 16 heavy (non-hydrogen) atoms. The lowest BCUT2D eigenvalue weighted by atomic mass is 9.89. The maximum absolute atomic E-state index is 13.0. The Kier molecular flexibility index (Phi) is 4.16. The summed E-state index contributed by atoms with van der Waals surface area (Å²) in [4.78, 5) is 0. The van der Waals surface area contributed by atoms with Gasteiger partial charge in [0.25, 0.3) is 0 Å². The molecule has 2 atom stereocenters. The molecule has 2 rings (SSSR count). The van der Waals surface area contributed by atoms with Gasteiger partial charge in [0.1, 0.15) is 5.82 Å².